The van der Waals surface area contributed by atoms with Crippen molar-refractivity contribution >= 4 is 17.6 Å². The summed E-state index contributed by atoms with van der Waals surface area (Å²) in [6.07, 6.45) is 1.82. The van der Waals surface area contributed by atoms with Gasteiger partial charge in [0.2, 0.25) is 17.6 Å². The van der Waals surface area contributed by atoms with Crippen LogP contribution in [0.4, 0.5) is 5.95 Å². The molecule has 6 heteroatoms. The predicted molar refractivity (Wildman–Crippen MR) is 96.0 cm³/mol. The van der Waals surface area contributed by atoms with Gasteiger partial charge in [0.25, 0.3) is 0 Å². The Morgan fingerprint density at radius 2 is 1.52 bits per heavy atom. The molecule has 6 nitrogen and oxygen atoms in total. The third-order valence-corrected chi connectivity index (χ3v) is 3.72. The predicted octanol–water partition coefficient (Wildman–Crippen LogP) is 3.42. The van der Waals surface area contributed by atoms with Crippen LogP contribution >= 0.6 is 0 Å². The van der Waals surface area contributed by atoms with Crippen LogP contribution in [0, 0.1) is 0 Å². The molecule has 0 saturated carbocycles. The van der Waals surface area contributed by atoms with Crippen LogP contribution < -0.4 is 5.32 Å². The Bertz CT molecular complexity index is 1040. The van der Waals surface area contributed by atoms with Gasteiger partial charge in [-0.1, -0.05) is 60.7 Å². The first kappa shape index (κ1) is 15.0. The first-order valence-corrected chi connectivity index (χ1v) is 7.86. The summed E-state index contributed by atoms with van der Waals surface area (Å²) in [4.78, 5) is 25.2. The van der Waals surface area contributed by atoms with Crippen LogP contribution in [0.1, 0.15) is 6.92 Å². The molecule has 0 aliphatic carbocycles. The highest BCUT2D eigenvalue weighted by Crippen LogP contribution is 2.23. The molecule has 0 bridgehead atoms. The van der Waals surface area contributed by atoms with Crippen LogP contribution in [0.15, 0.2) is 66.9 Å². The second-order valence-corrected chi connectivity index (χ2v) is 5.58. The maximum Gasteiger partial charge on any atom is 0.239 e. The quantitative estimate of drug-likeness (QED) is 0.625. The lowest BCUT2D eigenvalue weighted by Crippen LogP contribution is -2.12. The van der Waals surface area contributed by atoms with Crippen LogP contribution in [0.5, 0.6) is 0 Å². The van der Waals surface area contributed by atoms with Gasteiger partial charge in [0.05, 0.1) is 5.69 Å². The lowest BCUT2D eigenvalue weighted by molar-refractivity contribution is -0.114. The van der Waals surface area contributed by atoms with Crippen molar-refractivity contribution in [2.45, 2.75) is 6.92 Å². The van der Waals surface area contributed by atoms with E-state index in [1.54, 1.807) is 4.40 Å². The highest BCUT2D eigenvalue weighted by Gasteiger charge is 2.14. The van der Waals surface area contributed by atoms with Gasteiger partial charge in [-0.15, -0.1) is 0 Å². The van der Waals surface area contributed by atoms with Gasteiger partial charge in [-0.25, -0.2) is 4.98 Å². The molecule has 0 spiro atoms. The van der Waals surface area contributed by atoms with E-state index in [0.717, 1.165) is 16.8 Å². The minimum atomic E-state index is -0.200. The Kier molecular flexibility index (Phi) is 3.70. The van der Waals surface area contributed by atoms with Crippen molar-refractivity contribution in [3.8, 4) is 22.6 Å². The van der Waals surface area contributed by atoms with E-state index in [9.17, 15) is 4.79 Å². The molecular weight excluding hydrogens is 314 g/mol. The summed E-state index contributed by atoms with van der Waals surface area (Å²) in [7, 11) is 0. The lowest BCUT2D eigenvalue weighted by atomic mass is 10.2. The van der Waals surface area contributed by atoms with Crippen molar-refractivity contribution in [1.29, 1.82) is 0 Å². The normalized spacial score (nSPS) is 10.8. The van der Waals surface area contributed by atoms with Crippen LogP contribution in [0.3, 0.4) is 0 Å². The molecule has 0 unspecified atom stereocenters. The van der Waals surface area contributed by atoms with Gasteiger partial charge >= 0.3 is 0 Å². The zero-order chi connectivity index (χ0) is 17.2. The average Bonchev–Trinajstić information content (AvgIpc) is 3.07. The highest BCUT2D eigenvalue weighted by molar-refractivity contribution is 5.87. The molecule has 0 fully saturated rings. The Balaban J connectivity index is 1.91. The Hall–Kier alpha value is -3.54. The number of fused-ring (bicyclic) bond motifs is 1. The van der Waals surface area contributed by atoms with Crippen molar-refractivity contribution in [1.82, 2.24) is 19.4 Å². The van der Waals surface area contributed by atoms with Crippen molar-refractivity contribution in [2.75, 3.05) is 5.32 Å². The van der Waals surface area contributed by atoms with E-state index in [1.165, 1.54) is 6.92 Å². The topological polar surface area (TPSA) is 72.2 Å². The van der Waals surface area contributed by atoms with E-state index in [0.29, 0.717) is 17.6 Å². The zero-order valence-electron chi connectivity index (χ0n) is 13.5. The largest absolute Gasteiger partial charge is 0.296 e. The molecule has 1 N–H and O–H groups in total. The highest BCUT2D eigenvalue weighted by atomic mass is 16.1. The molecular formula is C19H15N5O. The second-order valence-electron chi connectivity index (χ2n) is 5.58. The van der Waals surface area contributed by atoms with E-state index in [4.69, 9.17) is 0 Å². The Morgan fingerprint density at radius 3 is 2.16 bits per heavy atom. The molecule has 0 radical (unpaired) electrons. The third-order valence-electron chi connectivity index (χ3n) is 3.72. The Labute approximate surface area is 144 Å². The molecule has 0 aliphatic heterocycles. The smallest absolute Gasteiger partial charge is 0.239 e. The number of carbonyl (C=O) groups excluding carboxylic acids is 1. The number of anilines is 1. The fourth-order valence-corrected chi connectivity index (χ4v) is 2.59. The van der Waals surface area contributed by atoms with Crippen LogP contribution in [0.25, 0.3) is 28.4 Å². The fraction of sp³-hybridized carbons (Fsp3) is 0.0526. The molecule has 2 aromatic carbocycles. The van der Waals surface area contributed by atoms with Gasteiger partial charge in [0.1, 0.15) is 0 Å². The molecule has 4 rings (SSSR count). The standard InChI is InChI=1S/C19H15N5O/c1-13(25)20-18-22-17(15-10-6-3-7-11-15)23-19-21-16(12-24(18)19)14-8-4-2-5-9-14/h2-12H,1H3,(H,20,21,22,23,25). The van der Waals surface area contributed by atoms with E-state index >= 15 is 0 Å². The number of nitrogens with one attached hydrogen (secondary N) is 1. The number of imidazole rings is 1. The zero-order valence-corrected chi connectivity index (χ0v) is 13.5. The number of hydrogen-bond acceptors (Lipinski definition) is 4. The second kappa shape index (κ2) is 6.16. The summed E-state index contributed by atoms with van der Waals surface area (Å²) in [5.41, 5.74) is 2.61. The first-order valence-electron chi connectivity index (χ1n) is 7.86. The van der Waals surface area contributed by atoms with Crippen molar-refractivity contribution < 1.29 is 4.79 Å². The van der Waals surface area contributed by atoms with Crippen LogP contribution in [-0.2, 0) is 4.79 Å². The van der Waals surface area contributed by atoms with Gasteiger partial charge in [0.15, 0.2) is 5.82 Å². The molecule has 122 valence electrons. The van der Waals surface area contributed by atoms with E-state index in [1.807, 2.05) is 66.9 Å². The first-order chi connectivity index (χ1) is 12.2. The van der Waals surface area contributed by atoms with Crippen LogP contribution in [-0.4, -0.2) is 25.3 Å². The van der Waals surface area contributed by atoms with Gasteiger partial charge in [-0.2, -0.15) is 9.97 Å². The van der Waals surface area contributed by atoms with E-state index < -0.39 is 0 Å². The Morgan fingerprint density at radius 1 is 0.880 bits per heavy atom. The number of hydrogen-bond donors (Lipinski definition) is 1. The van der Waals surface area contributed by atoms with Crippen molar-refractivity contribution in [3.05, 3.63) is 66.9 Å². The number of amides is 1. The number of benzene rings is 2. The fourth-order valence-electron chi connectivity index (χ4n) is 2.59. The van der Waals surface area contributed by atoms with Crippen molar-refractivity contribution in [3.63, 3.8) is 0 Å². The number of nitrogens with zero attached hydrogens (tertiary/aromatic N) is 4. The van der Waals surface area contributed by atoms with E-state index in [2.05, 4.69) is 20.3 Å². The SMILES string of the molecule is CC(=O)Nc1nc(-c2ccccc2)nc2nc(-c3ccccc3)cn12. The van der Waals surface area contributed by atoms with Crippen LogP contribution in [0.2, 0.25) is 0 Å². The van der Waals surface area contributed by atoms with Gasteiger partial charge in [-0.3, -0.25) is 14.5 Å². The number of aromatic nitrogens is 4. The van der Waals surface area contributed by atoms with Crippen molar-refractivity contribution in [2.24, 2.45) is 0 Å². The summed E-state index contributed by atoms with van der Waals surface area (Å²) in [5.74, 6) is 1.19. The molecule has 25 heavy (non-hydrogen) atoms. The summed E-state index contributed by atoms with van der Waals surface area (Å²) in [6, 6.07) is 19.4. The number of carbonyl (C=O) groups is 1. The molecule has 1 amide bonds. The summed E-state index contributed by atoms with van der Waals surface area (Å²) in [5, 5.41) is 2.76. The molecule has 2 heterocycles. The number of rotatable bonds is 3. The van der Waals surface area contributed by atoms with Gasteiger partial charge in [0, 0.05) is 24.2 Å². The summed E-state index contributed by atoms with van der Waals surface area (Å²) < 4.78 is 1.69. The molecule has 0 atom stereocenters. The third kappa shape index (κ3) is 2.97. The minimum absolute atomic E-state index is 0.200. The van der Waals surface area contributed by atoms with Gasteiger partial charge < -0.3 is 0 Å². The van der Waals surface area contributed by atoms with Gasteiger partial charge in [-0.05, 0) is 0 Å². The lowest BCUT2D eigenvalue weighted by Gasteiger charge is -2.07. The maximum absolute atomic E-state index is 11.6. The monoisotopic (exact) mass is 329 g/mol. The molecule has 0 saturated heterocycles. The maximum atomic E-state index is 11.6. The summed E-state index contributed by atoms with van der Waals surface area (Å²) >= 11 is 0. The van der Waals surface area contributed by atoms with E-state index in [-0.39, 0.29) is 5.91 Å². The summed E-state index contributed by atoms with van der Waals surface area (Å²) in [6.45, 7) is 1.45. The average molecular weight is 329 g/mol. The minimum Gasteiger partial charge on any atom is -0.296 e. The molecule has 2 aromatic heterocycles. The molecule has 4 aromatic rings. The molecule has 0 aliphatic rings.